The van der Waals surface area contributed by atoms with Gasteiger partial charge in [0.1, 0.15) is 11.5 Å². The molecule has 1 heterocycles. The van der Waals surface area contributed by atoms with Gasteiger partial charge in [-0.25, -0.2) is 0 Å². The lowest BCUT2D eigenvalue weighted by molar-refractivity contribution is 0.441. The minimum absolute atomic E-state index is 0.611. The summed E-state index contributed by atoms with van der Waals surface area (Å²) >= 11 is 0. The number of nitrogens with zero attached hydrogens (tertiary/aromatic N) is 1. The molecule has 55 heavy (non-hydrogen) atoms. The number of para-hydroxylation sites is 3. The molecule has 1 aliphatic heterocycles. The Morgan fingerprint density at radius 1 is 0.345 bits per heavy atom. The second-order valence-electron chi connectivity index (χ2n) is 14.4. The molecular formula is C53H35NO. The van der Waals surface area contributed by atoms with Gasteiger partial charge in [0.25, 0.3) is 0 Å². The fraction of sp³-hybridized carbons (Fsp3) is 0.0189. The van der Waals surface area contributed by atoms with Crippen LogP contribution in [0.5, 0.6) is 11.5 Å². The molecule has 258 valence electrons. The average Bonchev–Trinajstić information content (AvgIpc) is 3.56. The number of fused-ring (bicyclic) bond motifs is 11. The quantitative estimate of drug-likeness (QED) is 0.177. The van der Waals surface area contributed by atoms with Crippen LogP contribution in [0.15, 0.2) is 212 Å². The van der Waals surface area contributed by atoms with Crippen molar-refractivity contribution in [3.8, 4) is 44.9 Å². The summed E-state index contributed by atoms with van der Waals surface area (Å²) in [6, 6.07) is 76.9. The fourth-order valence-corrected chi connectivity index (χ4v) is 9.29. The highest BCUT2D eigenvalue weighted by atomic mass is 16.5. The first-order valence-electron chi connectivity index (χ1n) is 18.9. The molecular weight excluding hydrogens is 667 g/mol. The van der Waals surface area contributed by atoms with Crippen molar-refractivity contribution in [2.24, 2.45) is 0 Å². The van der Waals surface area contributed by atoms with Gasteiger partial charge in [-0.2, -0.15) is 0 Å². The molecule has 1 atom stereocenters. The first kappa shape index (κ1) is 31.4. The number of benzene rings is 9. The molecule has 0 fully saturated rings. The molecule has 9 aromatic carbocycles. The van der Waals surface area contributed by atoms with Gasteiger partial charge in [-0.3, -0.25) is 0 Å². The second-order valence-corrected chi connectivity index (χ2v) is 14.4. The predicted molar refractivity (Wildman–Crippen MR) is 227 cm³/mol. The van der Waals surface area contributed by atoms with Gasteiger partial charge >= 0.3 is 0 Å². The zero-order valence-corrected chi connectivity index (χ0v) is 30.1. The second kappa shape index (κ2) is 12.5. The Bertz CT molecular complexity index is 2830. The summed E-state index contributed by atoms with van der Waals surface area (Å²) in [4.78, 5) is 2.51. The van der Waals surface area contributed by atoms with E-state index in [1.54, 1.807) is 0 Å². The van der Waals surface area contributed by atoms with Gasteiger partial charge in [-0.1, -0.05) is 188 Å². The maximum atomic E-state index is 6.94. The molecule has 2 heteroatoms. The van der Waals surface area contributed by atoms with Gasteiger partial charge in [0.15, 0.2) is 0 Å². The van der Waals surface area contributed by atoms with Crippen molar-refractivity contribution in [1.29, 1.82) is 0 Å². The number of ether oxygens (including phenoxy) is 1. The molecule has 0 bridgehead atoms. The van der Waals surface area contributed by atoms with E-state index in [0.29, 0.717) is 0 Å². The van der Waals surface area contributed by atoms with Crippen LogP contribution in [0.3, 0.4) is 0 Å². The number of hydrogen-bond donors (Lipinski definition) is 0. The highest BCUT2D eigenvalue weighted by Gasteiger charge is 2.52. The van der Waals surface area contributed by atoms with E-state index < -0.39 is 5.41 Å². The molecule has 0 saturated carbocycles. The zero-order chi connectivity index (χ0) is 36.3. The molecule has 0 saturated heterocycles. The summed E-state index contributed by atoms with van der Waals surface area (Å²) in [6.45, 7) is 0. The fourth-order valence-electron chi connectivity index (χ4n) is 9.29. The van der Waals surface area contributed by atoms with Crippen LogP contribution in [-0.2, 0) is 5.41 Å². The minimum Gasteiger partial charge on any atom is -0.456 e. The van der Waals surface area contributed by atoms with Crippen molar-refractivity contribution < 1.29 is 4.74 Å². The maximum absolute atomic E-state index is 6.94. The summed E-state index contributed by atoms with van der Waals surface area (Å²) < 4.78 is 6.94. The van der Waals surface area contributed by atoms with E-state index in [4.69, 9.17) is 4.74 Å². The summed E-state index contributed by atoms with van der Waals surface area (Å²) in [6.07, 6.45) is 0. The van der Waals surface area contributed by atoms with Gasteiger partial charge in [-0.05, 0) is 57.5 Å². The van der Waals surface area contributed by atoms with Crippen molar-refractivity contribution in [1.82, 2.24) is 0 Å². The smallest absolute Gasteiger partial charge is 0.140 e. The molecule has 0 radical (unpaired) electrons. The third-order valence-corrected chi connectivity index (χ3v) is 11.5. The molecule has 9 aromatic rings. The van der Waals surface area contributed by atoms with Gasteiger partial charge in [-0.15, -0.1) is 0 Å². The number of rotatable bonds is 5. The first-order valence-corrected chi connectivity index (χ1v) is 18.9. The molecule has 2 nitrogen and oxygen atoms in total. The Hall–Kier alpha value is -7.16. The lowest BCUT2D eigenvalue weighted by atomic mass is 9.65. The van der Waals surface area contributed by atoms with E-state index >= 15 is 0 Å². The highest BCUT2D eigenvalue weighted by Crippen LogP contribution is 2.65. The summed E-state index contributed by atoms with van der Waals surface area (Å²) in [5.74, 6) is 1.81. The largest absolute Gasteiger partial charge is 0.456 e. The van der Waals surface area contributed by atoms with Crippen LogP contribution in [-0.4, -0.2) is 0 Å². The molecule has 11 rings (SSSR count). The van der Waals surface area contributed by atoms with Crippen LogP contribution in [0.2, 0.25) is 0 Å². The van der Waals surface area contributed by atoms with Crippen molar-refractivity contribution in [2.75, 3.05) is 4.90 Å². The van der Waals surface area contributed by atoms with Gasteiger partial charge in [0.2, 0.25) is 0 Å². The molecule has 0 aromatic heterocycles. The Morgan fingerprint density at radius 2 is 0.873 bits per heavy atom. The van der Waals surface area contributed by atoms with Crippen LogP contribution in [0, 0.1) is 0 Å². The van der Waals surface area contributed by atoms with Crippen LogP contribution in [0.4, 0.5) is 17.1 Å². The van der Waals surface area contributed by atoms with Gasteiger partial charge in [0.05, 0.1) is 22.5 Å². The maximum Gasteiger partial charge on any atom is 0.140 e. The molecule has 1 aliphatic carbocycles. The van der Waals surface area contributed by atoms with Crippen LogP contribution in [0.25, 0.3) is 44.2 Å². The van der Waals surface area contributed by atoms with Gasteiger partial charge < -0.3 is 9.64 Å². The normalized spacial score (nSPS) is 14.8. The Morgan fingerprint density at radius 3 is 1.58 bits per heavy atom. The number of anilines is 3. The van der Waals surface area contributed by atoms with E-state index in [9.17, 15) is 0 Å². The van der Waals surface area contributed by atoms with Crippen LogP contribution >= 0.6 is 0 Å². The van der Waals surface area contributed by atoms with Crippen molar-refractivity contribution in [3.63, 3.8) is 0 Å². The van der Waals surface area contributed by atoms with Crippen molar-refractivity contribution >= 4 is 27.8 Å². The average molecular weight is 702 g/mol. The monoisotopic (exact) mass is 701 g/mol. The minimum atomic E-state index is -0.611. The van der Waals surface area contributed by atoms with E-state index in [1.807, 2.05) is 0 Å². The third-order valence-electron chi connectivity index (χ3n) is 11.5. The number of hydrogen-bond acceptors (Lipinski definition) is 2. The zero-order valence-electron chi connectivity index (χ0n) is 30.1. The highest BCUT2D eigenvalue weighted by molar-refractivity contribution is 6.03. The third kappa shape index (κ3) is 4.62. The topological polar surface area (TPSA) is 12.5 Å². The van der Waals surface area contributed by atoms with E-state index in [2.05, 4.69) is 217 Å². The molecule has 1 spiro atoms. The SMILES string of the molecule is c1ccc(-c2ccccc2N(c2ccccc2-c2ccccc2)c2cccc3c2-c2ccccc2C32c3ccccc3Oc3c2ccc2ccccc32)cc1. The Balaban J connectivity index is 1.27. The standard InChI is InChI=1S/C53H35NO/c1-3-18-36(19-4-1)39-23-10-14-30-47(39)54(48-31-15-11-24-40(48)37-20-5-2-6-21-37)49-32-17-29-45-51(49)42-26-9-12-27-43(42)53(45)44-28-13-16-33-50(44)55-52-41-25-8-7-22-38(41)34-35-46(52)53/h1-35H. The summed E-state index contributed by atoms with van der Waals surface area (Å²) in [5.41, 5.74) is 14.7. The van der Waals surface area contributed by atoms with E-state index in [1.165, 1.54) is 33.4 Å². The first-order chi connectivity index (χ1) is 27.3. The van der Waals surface area contributed by atoms with E-state index in [0.717, 1.165) is 61.6 Å². The van der Waals surface area contributed by atoms with Crippen LogP contribution in [0.1, 0.15) is 22.3 Å². The summed E-state index contributed by atoms with van der Waals surface area (Å²) in [7, 11) is 0. The van der Waals surface area contributed by atoms with Crippen molar-refractivity contribution in [3.05, 3.63) is 235 Å². The summed E-state index contributed by atoms with van der Waals surface area (Å²) in [5, 5.41) is 2.28. The van der Waals surface area contributed by atoms with Crippen molar-refractivity contribution in [2.45, 2.75) is 5.41 Å². The molecule has 1 unspecified atom stereocenters. The predicted octanol–water partition coefficient (Wildman–Crippen LogP) is 14.1. The lowest BCUT2D eigenvalue weighted by Gasteiger charge is -2.40. The van der Waals surface area contributed by atoms with E-state index in [-0.39, 0.29) is 0 Å². The van der Waals surface area contributed by atoms with Crippen LogP contribution < -0.4 is 9.64 Å². The molecule has 0 amide bonds. The lowest BCUT2D eigenvalue weighted by Crippen LogP contribution is -2.32. The Kier molecular flexibility index (Phi) is 7.11. The molecule has 2 aliphatic rings. The van der Waals surface area contributed by atoms with Gasteiger partial charge in [0, 0.05) is 33.2 Å². The molecule has 0 N–H and O–H groups in total. The Labute approximate surface area is 321 Å².